The smallest absolute Gasteiger partial charge is 0.278 e. The predicted octanol–water partition coefficient (Wildman–Crippen LogP) is 2.76. The molecule has 0 aliphatic carbocycles. The lowest BCUT2D eigenvalue weighted by Gasteiger charge is -2.21. The van der Waals surface area contributed by atoms with Gasteiger partial charge in [-0.1, -0.05) is 11.3 Å². The SMILES string of the molecule is CC1N=NNN1c1ccc(/C(=N\N2CCCC2)C(=O)Nc2nccs2)cc1F. The van der Waals surface area contributed by atoms with Gasteiger partial charge in [-0.15, -0.1) is 16.5 Å². The Balaban J connectivity index is 1.64. The predicted molar refractivity (Wildman–Crippen MR) is 104 cm³/mol. The van der Waals surface area contributed by atoms with E-state index in [1.54, 1.807) is 30.6 Å². The lowest BCUT2D eigenvalue weighted by atomic mass is 10.1. The Bertz CT molecular complexity index is 910. The summed E-state index contributed by atoms with van der Waals surface area (Å²) >= 11 is 1.31. The minimum atomic E-state index is -0.500. The van der Waals surface area contributed by atoms with Crippen molar-refractivity contribution in [3.8, 4) is 0 Å². The zero-order chi connectivity index (χ0) is 19.5. The van der Waals surface area contributed by atoms with Gasteiger partial charge in [0.1, 0.15) is 5.82 Å². The Labute approximate surface area is 164 Å². The van der Waals surface area contributed by atoms with E-state index in [4.69, 9.17) is 0 Å². The first-order chi connectivity index (χ1) is 13.6. The van der Waals surface area contributed by atoms with E-state index in [-0.39, 0.29) is 11.9 Å². The van der Waals surface area contributed by atoms with Crippen LogP contribution in [-0.4, -0.2) is 40.9 Å². The molecule has 0 bridgehead atoms. The third kappa shape index (κ3) is 3.79. The molecular weight excluding hydrogens is 383 g/mol. The third-order valence-corrected chi connectivity index (χ3v) is 5.11. The molecule has 1 amide bonds. The maximum absolute atomic E-state index is 14.8. The number of carbonyl (C=O) groups excluding carboxylic acids is 1. The molecule has 2 aromatic rings. The van der Waals surface area contributed by atoms with Gasteiger partial charge >= 0.3 is 0 Å². The van der Waals surface area contributed by atoms with Crippen LogP contribution in [0.3, 0.4) is 0 Å². The minimum Gasteiger partial charge on any atom is -0.296 e. The van der Waals surface area contributed by atoms with Gasteiger partial charge in [0.2, 0.25) is 0 Å². The molecule has 0 radical (unpaired) electrons. The molecule has 3 heterocycles. The molecule has 2 aliphatic rings. The van der Waals surface area contributed by atoms with E-state index in [0.29, 0.717) is 16.4 Å². The topological polar surface area (TPSA) is 97.6 Å². The van der Waals surface area contributed by atoms with Gasteiger partial charge in [-0.2, -0.15) is 10.6 Å². The number of nitrogens with zero attached hydrogens (tertiary/aromatic N) is 6. The average molecular weight is 402 g/mol. The van der Waals surface area contributed by atoms with Crippen LogP contribution < -0.4 is 15.9 Å². The molecule has 9 nitrogen and oxygen atoms in total. The third-order valence-electron chi connectivity index (χ3n) is 4.42. The fourth-order valence-electron chi connectivity index (χ4n) is 3.02. The highest BCUT2D eigenvalue weighted by molar-refractivity contribution is 7.13. The van der Waals surface area contributed by atoms with E-state index >= 15 is 0 Å². The number of hydrogen-bond acceptors (Lipinski definition) is 9. The number of halogens is 1. The van der Waals surface area contributed by atoms with Crippen molar-refractivity contribution in [2.45, 2.75) is 25.9 Å². The first-order valence-corrected chi connectivity index (χ1v) is 9.79. The van der Waals surface area contributed by atoms with Gasteiger partial charge in [-0.25, -0.2) is 14.4 Å². The summed E-state index contributed by atoms with van der Waals surface area (Å²) in [5, 5.41) is 20.4. The van der Waals surface area contributed by atoms with E-state index in [9.17, 15) is 9.18 Å². The van der Waals surface area contributed by atoms with Crippen LogP contribution >= 0.6 is 11.3 Å². The van der Waals surface area contributed by atoms with Gasteiger partial charge in [0.15, 0.2) is 17.0 Å². The molecule has 0 saturated carbocycles. The number of nitrogens with one attached hydrogen (secondary N) is 2. The Kier molecular flexibility index (Phi) is 5.15. The number of hydrazone groups is 1. The Morgan fingerprint density at radius 2 is 2.21 bits per heavy atom. The van der Waals surface area contributed by atoms with Crippen molar-refractivity contribution in [2.24, 2.45) is 15.4 Å². The molecule has 2 aliphatic heterocycles. The first-order valence-electron chi connectivity index (χ1n) is 8.91. The van der Waals surface area contributed by atoms with Gasteiger partial charge < -0.3 is 0 Å². The van der Waals surface area contributed by atoms with Gasteiger partial charge in [0.25, 0.3) is 5.91 Å². The molecule has 1 fully saturated rings. The summed E-state index contributed by atoms with van der Waals surface area (Å²) in [5.41, 5.74) is 3.49. The second kappa shape index (κ2) is 7.89. The van der Waals surface area contributed by atoms with Crippen molar-refractivity contribution in [2.75, 3.05) is 23.4 Å². The molecule has 1 aromatic heterocycles. The summed E-state index contributed by atoms with van der Waals surface area (Å²) < 4.78 is 14.8. The second-order valence-electron chi connectivity index (χ2n) is 6.38. The molecule has 4 rings (SSSR count). The number of hydrazine groups is 1. The molecule has 28 heavy (non-hydrogen) atoms. The number of thiazole rings is 1. The lowest BCUT2D eigenvalue weighted by molar-refractivity contribution is -0.110. The summed E-state index contributed by atoms with van der Waals surface area (Å²) in [7, 11) is 0. The molecular formula is C17H19FN8OS. The van der Waals surface area contributed by atoms with Crippen LogP contribution in [0.5, 0.6) is 0 Å². The van der Waals surface area contributed by atoms with Crippen molar-refractivity contribution in [3.63, 3.8) is 0 Å². The Morgan fingerprint density at radius 3 is 2.86 bits per heavy atom. The molecule has 1 unspecified atom stereocenters. The fraction of sp³-hybridized carbons (Fsp3) is 0.353. The summed E-state index contributed by atoms with van der Waals surface area (Å²) in [4.78, 5) is 16.9. The zero-order valence-electron chi connectivity index (χ0n) is 15.2. The summed E-state index contributed by atoms with van der Waals surface area (Å²) in [6.07, 6.45) is 3.31. The summed E-state index contributed by atoms with van der Waals surface area (Å²) in [6, 6.07) is 4.56. The van der Waals surface area contributed by atoms with Crippen LogP contribution in [0.15, 0.2) is 45.2 Å². The summed E-state index contributed by atoms with van der Waals surface area (Å²) in [6.45, 7) is 3.33. The number of amides is 1. The molecule has 11 heteroatoms. The largest absolute Gasteiger partial charge is 0.296 e. The number of rotatable bonds is 5. The number of anilines is 2. The van der Waals surface area contributed by atoms with Crippen molar-refractivity contribution >= 4 is 33.8 Å². The van der Waals surface area contributed by atoms with Crippen molar-refractivity contribution in [1.29, 1.82) is 0 Å². The zero-order valence-corrected chi connectivity index (χ0v) is 16.0. The minimum absolute atomic E-state index is 0.152. The monoisotopic (exact) mass is 402 g/mol. The number of benzene rings is 1. The molecule has 1 saturated heterocycles. The van der Waals surface area contributed by atoms with Gasteiger partial charge in [0, 0.05) is 30.2 Å². The van der Waals surface area contributed by atoms with Crippen molar-refractivity contribution in [1.82, 2.24) is 15.5 Å². The number of carbonyl (C=O) groups is 1. The fourth-order valence-corrected chi connectivity index (χ4v) is 3.54. The van der Waals surface area contributed by atoms with Crippen molar-refractivity contribution in [3.05, 3.63) is 41.2 Å². The van der Waals surface area contributed by atoms with Crippen LogP contribution in [0.1, 0.15) is 25.3 Å². The van der Waals surface area contributed by atoms with Crippen LogP contribution in [0.2, 0.25) is 0 Å². The number of hydrogen-bond donors (Lipinski definition) is 2. The van der Waals surface area contributed by atoms with Gasteiger partial charge in [0.05, 0.1) is 5.69 Å². The van der Waals surface area contributed by atoms with E-state index in [2.05, 4.69) is 31.3 Å². The second-order valence-corrected chi connectivity index (χ2v) is 7.28. The number of aromatic nitrogens is 1. The normalized spacial score (nSPS) is 19.2. The summed E-state index contributed by atoms with van der Waals surface area (Å²) in [5.74, 6) is -0.924. The molecule has 1 atom stereocenters. The maximum Gasteiger partial charge on any atom is 0.278 e. The van der Waals surface area contributed by atoms with Crippen LogP contribution in [0.25, 0.3) is 0 Å². The lowest BCUT2D eigenvalue weighted by Crippen LogP contribution is -2.36. The van der Waals surface area contributed by atoms with E-state index in [1.807, 2.05) is 5.01 Å². The average Bonchev–Trinajstić information content (AvgIpc) is 3.43. The standard InChI is InChI=1S/C17H19FN8OS/c1-11-21-23-24-26(11)14-5-4-12(10-13(14)18)15(22-25-7-2-3-8-25)16(27)20-17-19-6-9-28-17/h4-6,9-11H,2-3,7-8H2,1H3,(H,21,24)(H,19,20,27)/b22-15+. The Morgan fingerprint density at radius 1 is 1.39 bits per heavy atom. The van der Waals surface area contributed by atoms with Crippen LogP contribution in [-0.2, 0) is 4.79 Å². The Hall–Kier alpha value is -3.08. The van der Waals surface area contributed by atoms with Crippen LogP contribution in [0.4, 0.5) is 15.2 Å². The maximum atomic E-state index is 14.8. The van der Waals surface area contributed by atoms with Crippen molar-refractivity contribution < 1.29 is 9.18 Å². The van der Waals surface area contributed by atoms with E-state index in [0.717, 1.165) is 25.9 Å². The molecule has 2 N–H and O–H groups in total. The highest BCUT2D eigenvalue weighted by atomic mass is 32.1. The first kappa shape index (κ1) is 18.3. The quantitative estimate of drug-likeness (QED) is 0.750. The van der Waals surface area contributed by atoms with E-state index < -0.39 is 11.7 Å². The molecule has 0 spiro atoms. The highest BCUT2D eigenvalue weighted by Gasteiger charge is 2.24. The molecule has 146 valence electrons. The van der Waals surface area contributed by atoms with Crippen LogP contribution in [0, 0.1) is 5.82 Å². The highest BCUT2D eigenvalue weighted by Crippen LogP contribution is 2.24. The van der Waals surface area contributed by atoms with Gasteiger partial charge in [-0.05, 0) is 31.9 Å². The van der Waals surface area contributed by atoms with E-state index in [1.165, 1.54) is 22.4 Å². The molecule has 1 aromatic carbocycles. The van der Waals surface area contributed by atoms with Gasteiger partial charge in [-0.3, -0.25) is 15.1 Å².